The van der Waals surface area contributed by atoms with Gasteiger partial charge in [-0.05, 0) is 25.1 Å². The molecule has 19 heavy (non-hydrogen) atoms. The maximum atomic E-state index is 13.8. The average Bonchev–Trinajstić information content (AvgIpc) is 2.41. The molecule has 4 nitrogen and oxygen atoms in total. The summed E-state index contributed by atoms with van der Waals surface area (Å²) < 4.78 is 18.7. The van der Waals surface area contributed by atoms with Gasteiger partial charge in [-0.3, -0.25) is 0 Å². The van der Waals surface area contributed by atoms with Gasteiger partial charge in [0.05, 0.1) is 12.8 Å². The molecule has 0 amide bonds. The maximum Gasteiger partial charge on any atom is 0.165 e. The van der Waals surface area contributed by atoms with Gasteiger partial charge < -0.3 is 10.5 Å². The normalized spacial score (nSPS) is 10.5. The first kappa shape index (κ1) is 13.3. The van der Waals surface area contributed by atoms with Crippen LogP contribution in [0, 0.1) is 12.7 Å². The van der Waals surface area contributed by atoms with Gasteiger partial charge in [-0.15, -0.1) is 0 Å². The molecule has 0 spiro atoms. The second-order valence-electron chi connectivity index (χ2n) is 4.20. The number of nitrogens with zero attached hydrogens (tertiary/aromatic N) is 2. The molecule has 0 atom stereocenters. The predicted octanol–water partition coefficient (Wildman–Crippen LogP) is 2.74. The monoisotopic (exact) mass is 261 g/mol. The van der Waals surface area contributed by atoms with Gasteiger partial charge in [0.25, 0.3) is 0 Å². The summed E-state index contributed by atoms with van der Waals surface area (Å²) in [5, 5.41) is 0. The SMILES string of the molecule is CCc1nc(N)c(C)c(-c2ccc(OC)c(F)c2)n1. The van der Waals surface area contributed by atoms with Gasteiger partial charge in [0, 0.05) is 17.5 Å². The Balaban J connectivity index is 2.58. The van der Waals surface area contributed by atoms with E-state index in [-0.39, 0.29) is 5.75 Å². The van der Waals surface area contributed by atoms with Crippen LogP contribution in [0.25, 0.3) is 11.3 Å². The average molecular weight is 261 g/mol. The molecule has 0 aliphatic carbocycles. The summed E-state index contributed by atoms with van der Waals surface area (Å²) in [5.41, 5.74) is 7.94. The lowest BCUT2D eigenvalue weighted by Gasteiger charge is -2.10. The van der Waals surface area contributed by atoms with Crippen LogP contribution < -0.4 is 10.5 Å². The molecule has 100 valence electrons. The largest absolute Gasteiger partial charge is 0.494 e. The quantitative estimate of drug-likeness (QED) is 0.922. The minimum Gasteiger partial charge on any atom is -0.494 e. The molecule has 0 fully saturated rings. The van der Waals surface area contributed by atoms with Crippen molar-refractivity contribution in [3.63, 3.8) is 0 Å². The highest BCUT2D eigenvalue weighted by Crippen LogP contribution is 2.28. The molecule has 2 aromatic rings. The fraction of sp³-hybridized carbons (Fsp3) is 0.286. The number of anilines is 1. The number of benzene rings is 1. The predicted molar refractivity (Wildman–Crippen MR) is 72.5 cm³/mol. The van der Waals surface area contributed by atoms with Crippen LogP contribution in [0.15, 0.2) is 18.2 Å². The van der Waals surface area contributed by atoms with Crippen LogP contribution in [0.2, 0.25) is 0 Å². The number of methoxy groups -OCH3 is 1. The van der Waals surface area contributed by atoms with Crippen molar-refractivity contribution in [2.75, 3.05) is 12.8 Å². The van der Waals surface area contributed by atoms with Gasteiger partial charge in [0.15, 0.2) is 11.6 Å². The second kappa shape index (κ2) is 5.22. The molecule has 1 heterocycles. The molecule has 0 aliphatic heterocycles. The minimum absolute atomic E-state index is 0.208. The molecule has 0 unspecified atom stereocenters. The van der Waals surface area contributed by atoms with Crippen molar-refractivity contribution < 1.29 is 9.13 Å². The minimum atomic E-state index is -0.422. The Bertz CT molecular complexity index is 614. The number of ether oxygens (including phenoxy) is 1. The van der Waals surface area contributed by atoms with Gasteiger partial charge in [0.1, 0.15) is 11.6 Å². The van der Waals surface area contributed by atoms with Gasteiger partial charge in [-0.25, -0.2) is 14.4 Å². The second-order valence-corrected chi connectivity index (χ2v) is 4.20. The van der Waals surface area contributed by atoms with E-state index in [4.69, 9.17) is 10.5 Å². The van der Waals surface area contributed by atoms with Crippen molar-refractivity contribution >= 4 is 5.82 Å². The van der Waals surface area contributed by atoms with E-state index in [9.17, 15) is 4.39 Å². The van der Waals surface area contributed by atoms with Gasteiger partial charge in [0.2, 0.25) is 0 Å². The van der Waals surface area contributed by atoms with E-state index in [0.29, 0.717) is 29.3 Å². The number of halogens is 1. The standard InChI is InChI=1S/C14H16FN3O/c1-4-12-17-13(8(2)14(16)18-12)9-5-6-11(19-3)10(15)7-9/h5-7H,4H2,1-3H3,(H2,16,17,18). The van der Waals surface area contributed by atoms with E-state index in [0.717, 1.165) is 5.56 Å². The molecule has 2 N–H and O–H groups in total. The van der Waals surface area contributed by atoms with E-state index < -0.39 is 5.82 Å². The van der Waals surface area contributed by atoms with E-state index in [1.807, 2.05) is 13.8 Å². The van der Waals surface area contributed by atoms with Crippen molar-refractivity contribution in [3.05, 3.63) is 35.4 Å². The number of hydrogen-bond acceptors (Lipinski definition) is 4. The fourth-order valence-corrected chi connectivity index (χ4v) is 1.83. The van der Waals surface area contributed by atoms with Crippen LogP contribution >= 0.6 is 0 Å². The number of aromatic nitrogens is 2. The summed E-state index contributed by atoms with van der Waals surface area (Å²) in [6.45, 7) is 3.77. The van der Waals surface area contributed by atoms with Crippen molar-refractivity contribution in [3.8, 4) is 17.0 Å². The zero-order chi connectivity index (χ0) is 14.0. The molecule has 1 aromatic heterocycles. The molecule has 2 rings (SSSR count). The first-order chi connectivity index (χ1) is 9.06. The maximum absolute atomic E-state index is 13.8. The summed E-state index contributed by atoms with van der Waals surface area (Å²) in [4.78, 5) is 8.60. The molecule has 0 bridgehead atoms. The highest BCUT2D eigenvalue weighted by molar-refractivity contribution is 5.68. The lowest BCUT2D eigenvalue weighted by molar-refractivity contribution is 0.386. The molecule has 0 aliphatic rings. The fourth-order valence-electron chi connectivity index (χ4n) is 1.83. The van der Waals surface area contributed by atoms with Gasteiger partial charge in [-0.1, -0.05) is 6.92 Å². The number of aryl methyl sites for hydroxylation is 1. The summed E-state index contributed by atoms with van der Waals surface area (Å²) >= 11 is 0. The third-order valence-electron chi connectivity index (χ3n) is 2.97. The Labute approximate surface area is 111 Å². The van der Waals surface area contributed by atoms with Gasteiger partial charge in [-0.2, -0.15) is 0 Å². The Morgan fingerprint density at radius 2 is 2.05 bits per heavy atom. The Hall–Kier alpha value is -2.17. The van der Waals surface area contributed by atoms with Crippen LogP contribution in [0.3, 0.4) is 0 Å². The van der Waals surface area contributed by atoms with Crippen molar-refractivity contribution in [1.29, 1.82) is 0 Å². The molecule has 0 saturated carbocycles. The third-order valence-corrected chi connectivity index (χ3v) is 2.97. The molecule has 0 radical (unpaired) electrons. The highest BCUT2D eigenvalue weighted by Gasteiger charge is 2.12. The lowest BCUT2D eigenvalue weighted by Crippen LogP contribution is -2.04. The van der Waals surface area contributed by atoms with Crippen LogP contribution in [0.1, 0.15) is 18.3 Å². The highest BCUT2D eigenvalue weighted by atomic mass is 19.1. The molecule has 1 aromatic carbocycles. The summed E-state index contributed by atoms with van der Waals surface area (Å²) in [6, 6.07) is 4.73. The number of hydrogen-bond donors (Lipinski definition) is 1. The van der Waals surface area contributed by atoms with Crippen molar-refractivity contribution in [2.24, 2.45) is 0 Å². The number of nitrogen functional groups attached to an aromatic ring is 1. The van der Waals surface area contributed by atoms with Crippen LogP contribution in [-0.4, -0.2) is 17.1 Å². The zero-order valence-electron chi connectivity index (χ0n) is 11.2. The Morgan fingerprint density at radius 3 is 2.63 bits per heavy atom. The summed E-state index contributed by atoms with van der Waals surface area (Å²) in [6.07, 6.45) is 0.677. The smallest absolute Gasteiger partial charge is 0.165 e. The number of nitrogens with two attached hydrogens (primary N) is 1. The lowest BCUT2D eigenvalue weighted by atomic mass is 10.1. The molecular formula is C14H16FN3O. The van der Waals surface area contributed by atoms with E-state index in [2.05, 4.69) is 9.97 Å². The summed E-state index contributed by atoms with van der Waals surface area (Å²) in [7, 11) is 1.43. The van der Waals surface area contributed by atoms with E-state index in [1.165, 1.54) is 13.2 Å². The van der Waals surface area contributed by atoms with Crippen LogP contribution in [-0.2, 0) is 6.42 Å². The summed E-state index contributed by atoms with van der Waals surface area (Å²) in [5.74, 6) is 0.862. The Morgan fingerprint density at radius 1 is 1.32 bits per heavy atom. The number of rotatable bonds is 3. The molecular weight excluding hydrogens is 245 g/mol. The van der Waals surface area contributed by atoms with Crippen molar-refractivity contribution in [2.45, 2.75) is 20.3 Å². The van der Waals surface area contributed by atoms with Crippen LogP contribution in [0.4, 0.5) is 10.2 Å². The van der Waals surface area contributed by atoms with Gasteiger partial charge >= 0.3 is 0 Å². The Kier molecular flexibility index (Phi) is 3.64. The zero-order valence-corrected chi connectivity index (χ0v) is 11.2. The topological polar surface area (TPSA) is 61.0 Å². The first-order valence-electron chi connectivity index (χ1n) is 6.03. The molecule has 0 saturated heterocycles. The first-order valence-corrected chi connectivity index (χ1v) is 6.03. The molecule has 5 heteroatoms. The van der Waals surface area contributed by atoms with Crippen LogP contribution in [0.5, 0.6) is 5.75 Å². The van der Waals surface area contributed by atoms with E-state index >= 15 is 0 Å². The third kappa shape index (κ3) is 2.50. The van der Waals surface area contributed by atoms with E-state index in [1.54, 1.807) is 12.1 Å². The van der Waals surface area contributed by atoms with Crippen molar-refractivity contribution in [1.82, 2.24) is 9.97 Å².